The smallest absolute Gasteiger partial charge is 0.162 e. The topological polar surface area (TPSA) is 36.3 Å². The molecule has 0 spiro atoms. The molecular formula is C17H21ClN2O2S. The van der Waals surface area contributed by atoms with Crippen molar-refractivity contribution in [3.8, 4) is 11.5 Å². The lowest BCUT2D eigenvalue weighted by atomic mass is 10.2. The molecule has 1 aliphatic heterocycles. The molecule has 4 nitrogen and oxygen atoms in total. The monoisotopic (exact) mass is 352 g/mol. The first-order chi connectivity index (χ1) is 11.2. The van der Waals surface area contributed by atoms with E-state index >= 15 is 0 Å². The Labute approximate surface area is 146 Å². The molecule has 0 N–H and O–H groups in total. The van der Waals surface area contributed by atoms with Crippen molar-refractivity contribution in [2.75, 3.05) is 19.0 Å². The Bertz CT molecular complexity index is 660. The van der Waals surface area contributed by atoms with Gasteiger partial charge in [0.1, 0.15) is 13.2 Å². The Morgan fingerprint density at radius 3 is 2.70 bits per heavy atom. The number of thioether (sulfide) groups is 1. The zero-order valence-corrected chi connectivity index (χ0v) is 14.8. The van der Waals surface area contributed by atoms with Crippen LogP contribution >= 0.6 is 23.4 Å². The average molecular weight is 353 g/mol. The Balaban J connectivity index is 1.40. The molecule has 0 amide bonds. The minimum atomic E-state index is 0.589. The number of aromatic nitrogens is 2. The number of hydrogen-bond acceptors (Lipinski definition) is 4. The minimum Gasteiger partial charge on any atom is -0.486 e. The second-order valence-corrected chi connectivity index (χ2v) is 7.16. The minimum absolute atomic E-state index is 0.589. The highest BCUT2D eigenvalue weighted by molar-refractivity contribution is 7.99. The van der Waals surface area contributed by atoms with Crippen molar-refractivity contribution in [2.45, 2.75) is 37.6 Å². The first-order valence-electron chi connectivity index (χ1n) is 7.93. The lowest BCUT2D eigenvalue weighted by molar-refractivity contribution is 0.171. The number of hydrogen-bond donors (Lipinski definition) is 0. The predicted octanol–water partition coefficient (Wildman–Crippen LogP) is 4.58. The normalized spacial score (nSPS) is 13.3. The van der Waals surface area contributed by atoms with Gasteiger partial charge in [-0.25, -0.2) is 0 Å². The second-order valence-electron chi connectivity index (χ2n) is 5.62. The molecule has 0 aliphatic carbocycles. The summed E-state index contributed by atoms with van der Waals surface area (Å²) in [5.41, 5.74) is 1.22. The van der Waals surface area contributed by atoms with Gasteiger partial charge in [0, 0.05) is 23.7 Å². The lowest BCUT2D eigenvalue weighted by Gasteiger charge is -2.19. The molecule has 1 aromatic heterocycles. The predicted molar refractivity (Wildman–Crippen MR) is 94.0 cm³/mol. The van der Waals surface area contributed by atoms with Crippen LogP contribution in [0.2, 0.25) is 5.02 Å². The van der Waals surface area contributed by atoms with Crippen LogP contribution in [-0.2, 0) is 6.54 Å². The summed E-state index contributed by atoms with van der Waals surface area (Å²) in [7, 11) is 0. The van der Waals surface area contributed by atoms with Crippen LogP contribution in [0, 0.1) is 6.92 Å². The summed E-state index contributed by atoms with van der Waals surface area (Å²) < 4.78 is 13.2. The maximum Gasteiger partial charge on any atom is 0.162 e. The van der Waals surface area contributed by atoms with Crippen LogP contribution in [0.15, 0.2) is 29.4 Å². The van der Waals surface area contributed by atoms with Crippen molar-refractivity contribution in [3.05, 3.63) is 35.1 Å². The molecule has 0 atom stereocenters. The van der Waals surface area contributed by atoms with Gasteiger partial charge < -0.3 is 9.47 Å². The van der Waals surface area contributed by atoms with Gasteiger partial charge in [0.15, 0.2) is 11.5 Å². The summed E-state index contributed by atoms with van der Waals surface area (Å²) in [6.07, 6.45) is 7.49. The SMILES string of the molecule is Cc1cnn(CCCCCSc2cc3c(cc2Cl)OCCO3)c1. The Hall–Kier alpha value is -1.33. The van der Waals surface area contributed by atoms with Crippen LogP contribution in [0.5, 0.6) is 11.5 Å². The summed E-state index contributed by atoms with van der Waals surface area (Å²) in [6, 6.07) is 3.85. The van der Waals surface area contributed by atoms with Gasteiger partial charge in [-0.2, -0.15) is 5.10 Å². The molecule has 2 aromatic rings. The first kappa shape index (κ1) is 16.5. The van der Waals surface area contributed by atoms with Gasteiger partial charge in [-0.1, -0.05) is 18.0 Å². The van der Waals surface area contributed by atoms with E-state index in [9.17, 15) is 0 Å². The van der Waals surface area contributed by atoms with Gasteiger partial charge in [0.2, 0.25) is 0 Å². The van der Waals surface area contributed by atoms with Crippen molar-refractivity contribution in [2.24, 2.45) is 0 Å². The fourth-order valence-electron chi connectivity index (χ4n) is 2.48. The lowest BCUT2D eigenvalue weighted by Crippen LogP contribution is -2.15. The van der Waals surface area contributed by atoms with Gasteiger partial charge in [0.05, 0.1) is 11.2 Å². The molecule has 1 aliphatic rings. The molecule has 0 fully saturated rings. The number of benzene rings is 1. The molecule has 1 aromatic carbocycles. The van der Waals surface area contributed by atoms with Crippen molar-refractivity contribution in [1.29, 1.82) is 0 Å². The maximum atomic E-state index is 6.32. The number of nitrogens with zero attached hydrogens (tertiary/aromatic N) is 2. The number of unbranched alkanes of at least 4 members (excludes halogenated alkanes) is 2. The molecule has 6 heteroatoms. The van der Waals surface area contributed by atoms with Crippen LogP contribution in [0.3, 0.4) is 0 Å². The fraction of sp³-hybridized carbons (Fsp3) is 0.471. The van der Waals surface area contributed by atoms with Gasteiger partial charge >= 0.3 is 0 Å². The van der Waals surface area contributed by atoms with Crippen molar-refractivity contribution in [1.82, 2.24) is 9.78 Å². The van der Waals surface area contributed by atoms with Crippen LogP contribution in [0.1, 0.15) is 24.8 Å². The van der Waals surface area contributed by atoms with E-state index < -0.39 is 0 Å². The molecule has 3 rings (SSSR count). The third kappa shape index (κ3) is 4.58. The van der Waals surface area contributed by atoms with Crippen molar-refractivity contribution in [3.63, 3.8) is 0 Å². The van der Waals surface area contributed by atoms with Crippen LogP contribution in [-0.4, -0.2) is 28.7 Å². The van der Waals surface area contributed by atoms with E-state index in [4.69, 9.17) is 21.1 Å². The van der Waals surface area contributed by atoms with Gasteiger partial charge in [-0.05, 0) is 37.1 Å². The van der Waals surface area contributed by atoms with Crippen molar-refractivity contribution >= 4 is 23.4 Å². The number of ether oxygens (including phenoxy) is 2. The van der Waals surface area contributed by atoms with E-state index in [1.165, 1.54) is 12.0 Å². The van der Waals surface area contributed by atoms with Gasteiger partial charge in [-0.15, -0.1) is 11.8 Å². The molecule has 0 unspecified atom stereocenters. The summed E-state index contributed by atoms with van der Waals surface area (Å²) in [6.45, 7) is 4.25. The fourth-order valence-corrected chi connectivity index (χ4v) is 3.75. The maximum absolute atomic E-state index is 6.32. The van der Waals surface area contributed by atoms with Crippen molar-refractivity contribution < 1.29 is 9.47 Å². The van der Waals surface area contributed by atoms with Crippen LogP contribution < -0.4 is 9.47 Å². The molecule has 0 saturated carbocycles. The zero-order chi connectivity index (χ0) is 16.1. The molecule has 0 radical (unpaired) electrons. The highest BCUT2D eigenvalue weighted by Crippen LogP contribution is 2.39. The number of fused-ring (bicyclic) bond motifs is 1. The summed E-state index contributed by atoms with van der Waals surface area (Å²) >= 11 is 8.10. The third-order valence-corrected chi connectivity index (χ3v) is 5.21. The molecule has 0 bridgehead atoms. The van der Waals surface area contributed by atoms with E-state index in [0.717, 1.165) is 46.6 Å². The van der Waals surface area contributed by atoms with Gasteiger partial charge in [0.25, 0.3) is 0 Å². The van der Waals surface area contributed by atoms with E-state index in [1.807, 2.05) is 23.0 Å². The first-order valence-corrected chi connectivity index (χ1v) is 9.30. The average Bonchev–Trinajstić information content (AvgIpc) is 2.96. The summed E-state index contributed by atoms with van der Waals surface area (Å²) in [5, 5.41) is 5.04. The molecule has 2 heterocycles. The largest absolute Gasteiger partial charge is 0.486 e. The van der Waals surface area contributed by atoms with Crippen LogP contribution in [0.25, 0.3) is 0 Å². The number of halogens is 1. The molecular weight excluding hydrogens is 332 g/mol. The molecule has 124 valence electrons. The van der Waals surface area contributed by atoms with E-state index in [0.29, 0.717) is 13.2 Å². The molecule has 23 heavy (non-hydrogen) atoms. The van der Waals surface area contributed by atoms with Gasteiger partial charge in [-0.3, -0.25) is 4.68 Å². The number of aryl methyl sites for hydroxylation is 2. The summed E-state index contributed by atoms with van der Waals surface area (Å²) in [4.78, 5) is 1.07. The second kappa shape index (κ2) is 7.97. The Kier molecular flexibility index (Phi) is 5.73. The quantitative estimate of drug-likeness (QED) is 0.540. The molecule has 0 saturated heterocycles. The summed E-state index contributed by atoms with van der Waals surface area (Å²) in [5.74, 6) is 2.61. The zero-order valence-electron chi connectivity index (χ0n) is 13.3. The number of rotatable bonds is 7. The highest BCUT2D eigenvalue weighted by Gasteiger charge is 2.15. The highest BCUT2D eigenvalue weighted by atomic mass is 35.5. The Morgan fingerprint density at radius 1 is 1.17 bits per heavy atom. The Morgan fingerprint density at radius 2 is 1.96 bits per heavy atom. The third-order valence-electron chi connectivity index (χ3n) is 3.65. The van der Waals surface area contributed by atoms with E-state index in [-0.39, 0.29) is 0 Å². The van der Waals surface area contributed by atoms with E-state index in [1.54, 1.807) is 11.8 Å². The van der Waals surface area contributed by atoms with Crippen LogP contribution in [0.4, 0.5) is 0 Å². The van der Waals surface area contributed by atoms with E-state index in [2.05, 4.69) is 18.2 Å². The standard InChI is InChI=1S/C17H21ClN2O2S/c1-13-11-19-20(12-13)5-3-2-4-8-23-17-10-16-15(9-14(17)18)21-6-7-22-16/h9-12H,2-8H2,1H3.